The fourth-order valence-electron chi connectivity index (χ4n) is 2.53. The zero-order valence-corrected chi connectivity index (χ0v) is 12.9. The Hall–Kier alpha value is -2.67. The molecule has 0 spiro atoms. The molecule has 1 aromatic heterocycles. The van der Waals surface area contributed by atoms with Gasteiger partial charge in [0.1, 0.15) is 11.5 Å². The summed E-state index contributed by atoms with van der Waals surface area (Å²) in [6, 6.07) is 10.4. The summed E-state index contributed by atoms with van der Waals surface area (Å²) in [6.07, 6.45) is 0. The third kappa shape index (κ3) is 3.40. The molecule has 0 saturated carbocycles. The fraction of sp³-hybridized carbons (Fsp3) is 0.312. The predicted molar refractivity (Wildman–Crippen MR) is 88.4 cm³/mol. The van der Waals surface area contributed by atoms with Crippen LogP contribution in [0.5, 0.6) is 0 Å². The van der Waals surface area contributed by atoms with E-state index in [0.717, 1.165) is 30.3 Å². The highest BCUT2D eigenvalue weighted by atomic mass is 16.6. The molecular formula is C16H18N4O3. The third-order valence-electron chi connectivity index (χ3n) is 3.78. The van der Waals surface area contributed by atoms with Crippen molar-refractivity contribution in [1.29, 1.82) is 0 Å². The van der Waals surface area contributed by atoms with Gasteiger partial charge in [-0.2, -0.15) is 0 Å². The van der Waals surface area contributed by atoms with Gasteiger partial charge in [-0.05, 0) is 25.1 Å². The molecule has 0 atom stereocenters. The predicted octanol–water partition coefficient (Wildman–Crippen LogP) is 2.88. The van der Waals surface area contributed by atoms with Crippen LogP contribution in [0.1, 0.15) is 5.69 Å². The maximum Gasteiger partial charge on any atom is 0.292 e. The molecule has 0 bridgehead atoms. The van der Waals surface area contributed by atoms with E-state index in [1.165, 1.54) is 6.07 Å². The number of anilines is 3. The number of aromatic nitrogens is 1. The van der Waals surface area contributed by atoms with Crippen LogP contribution in [-0.2, 0) is 4.74 Å². The number of nitrogens with one attached hydrogen (secondary N) is 1. The molecular weight excluding hydrogens is 296 g/mol. The van der Waals surface area contributed by atoms with Crippen LogP contribution in [0.4, 0.5) is 22.9 Å². The summed E-state index contributed by atoms with van der Waals surface area (Å²) in [4.78, 5) is 17.5. The number of benzene rings is 1. The minimum Gasteiger partial charge on any atom is -0.378 e. The van der Waals surface area contributed by atoms with Gasteiger partial charge in [-0.1, -0.05) is 12.1 Å². The molecule has 2 heterocycles. The molecule has 1 aromatic carbocycles. The minimum atomic E-state index is -0.396. The molecule has 1 fully saturated rings. The molecule has 3 rings (SSSR count). The maximum atomic E-state index is 11.1. The number of para-hydroxylation sites is 2. The molecule has 1 saturated heterocycles. The Balaban J connectivity index is 1.83. The molecule has 2 aromatic rings. The molecule has 120 valence electrons. The van der Waals surface area contributed by atoms with Crippen LogP contribution in [0.3, 0.4) is 0 Å². The SMILES string of the molecule is Cc1nc(N2CCOCC2)ccc1Nc1ccccc1[N+](=O)[O-]. The quantitative estimate of drug-likeness (QED) is 0.690. The van der Waals surface area contributed by atoms with Crippen molar-refractivity contribution in [2.75, 3.05) is 36.5 Å². The monoisotopic (exact) mass is 314 g/mol. The Morgan fingerprint density at radius 2 is 1.91 bits per heavy atom. The van der Waals surface area contributed by atoms with E-state index in [1.807, 2.05) is 19.1 Å². The topological polar surface area (TPSA) is 80.5 Å². The standard InChI is InChI=1S/C16H18N4O3/c1-12-13(18-14-4-2-3-5-15(14)20(21)22)6-7-16(17-12)19-8-10-23-11-9-19/h2-7,18H,8-11H2,1H3. The second-order valence-corrected chi connectivity index (χ2v) is 5.30. The lowest BCUT2D eigenvalue weighted by molar-refractivity contribution is -0.383. The normalized spacial score (nSPS) is 14.6. The number of hydrogen-bond donors (Lipinski definition) is 1. The van der Waals surface area contributed by atoms with Gasteiger partial charge >= 0.3 is 0 Å². The molecule has 0 amide bonds. The summed E-state index contributed by atoms with van der Waals surface area (Å²) in [5.41, 5.74) is 2.06. The average molecular weight is 314 g/mol. The van der Waals surface area contributed by atoms with Crippen LogP contribution in [0, 0.1) is 17.0 Å². The van der Waals surface area contributed by atoms with Crippen molar-refractivity contribution in [3.63, 3.8) is 0 Å². The van der Waals surface area contributed by atoms with E-state index in [4.69, 9.17) is 4.74 Å². The zero-order valence-electron chi connectivity index (χ0n) is 12.9. The molecule has 0 unspecified atom stereocenters. The van der Waals surface area contributed by atoms with E-state index in [2.05, 4.69) is 15.2 Å². The first-order valence-electron chi connectivity index (χ1n) is 7.46. The number of morpholine rings is 1. The Labute approximate surface area is 134 Å². The molecule has 1 aliphatic rings. The molecule has 23 heavy (non-hydrogen) atoms. The Bertz CT molecular complexity index is 714. The second-order valence-electron chi connectivity index (χ2n) is 5.30. The van der Waals surface area contributed by atoms with Crippen LogP contribution < -0.4 is 10.2 Å². The maximum absolute atomic E-state index is 11.1. The Kier molecular flexibility index (Phi) is 4.38. The van der Waals surface area contributed by atoms with Crippen molar-refractivity contribution < 1.29 is 9.66 Å². The molecule has 7 nitrogen and oxygen atoms in total. The fourth-order valence-corrected chi connectivity index (χ4v) is 2.53. The molecule has 7 heteroatoms. The summed E-state index contributed by atoms with van der Waals surface area (Å²) in [7, 11) is 0. The Morgan fingerprint density at radius 1 is 1.17 bits per heavy atom. The first-order valence-corrected chi connectivity index (χ1v) is 7.46. The van der Waals surface area contributed by atoms with E-state index in [-0.39, 0.29) is 5.69 Å². The van der Waals surface area contributed by atoms with Crippen LogP contribution in [0.25, 0.3) is 0 Å². The number of hydrogen-bond acceptors (Lipinski definition) is 6. The highest BCUT2D eigenvalue weighted by molar-refractivity contribution is 5.71. The van der Waals surface area contributed by atoms with Gasteiger partial charge in [0, 0.05) is 19.2 Å². The number of ether oxygens (including phenoxy) is 1. The van der Waals surface area contributed by atoms with Gasteiger partial charge in [0.05, 0.1) is 29.5 Å². The number of rotatable bonds is 4. The zero-order chi connectivity index (χ0) is 16.2. The third-order valence-corrected chi connectivity index (χ3v) is 3.78. The van der Waals surface area contributed by atoms with Crippen LogP contribution in [0.2, 0.25) is 0 Å². The van der Waals surface area contributed by atoms with Gasteiger partial charge in [0.25, 0.3) is 5.69 Å². The minimum absolute atomic E-state index is 0.0455. The summed E-state index contributed by atoms with van der Waals surface area (Å²) >= 11 is 0. The lowest BCUT2D eigenvalue weighted by Gasteiger charge is -2.28. The summed E-state index contributed by atoms with van der Waals surface area (Å²) in [5.74, 6) is 0.902. The van der Waals surface area contributed by atoms with Crippen molar-refractivity contribution in [2.45, 2.75) is 6.92 Å². The first kappa shape index (κ1) is 15.2. The molecule has 1 N–H and O–H groups in total. The molecule has 1 aliphatic heterocycles. The van der Waals surface area contributed by atoms with Gasteiger partial charge in [-0.3, -0.25) is 10.1 Å². The van der Waals surface area contributed by atoms with Gasteiger partial charge < -0.3 is 15.0 Å². The summed E-state index contributed by atoms with van der Waals surface area (Å²) < 4.78 is 5.34. The number of pyridine rings is 1. The van der Waals surface area contributed by atoms with Gasteiger partial charge in [-0.25, -0.2) is 4.98 Å². The summed E-state index contributed by atoms with van der Waals surface area (Å²) in [6.45, 7) is 4.95. The number of nitro benzene ring substituents is 1. The van der Waals surface area contributed by atoms with E-state index in [0.29, 0.717) is 18.9 Å². The van der Waals surface area contributed by atoms with E-state index >= 15 is 0 Å². The number of nitrogens with zero attached hydrogens (tertiary/aromatic N) is 3. The molecule has 0 radical (unpaired) electrons. The lowest BCUT2D eigenvalue weighted by atomic mass is 10.2. The summed E-state index contributed by atoms with van der Waals surface area (Å²) in [5, 5.41) is 14.2. The van der Waals surface area contributed by atoms with Crippen LogP contribution in [0.15, 0.2) is 36.4 Å². The van der Waals surface area contributed by atoms with Crippen molar-refractivity contribution in [1.82, 2.24) is 4.98 Å². The lowest BCUT2D eigenvalue weighted by Crippen LogP contribution is -2.36. The van der Waals surface area contributed by atoms with Gasteiger partial charge in [-0.15, -0.1) is 0 Å². The van der Waals surface area contributed by atoms with Crippen molar-refractivity contribution in [3.05, 3.63) is 52.2 Å². The number of nitro groups is 1. The van der Waals surface area contributed by atoms with Gasteiger partial charge in [0.2, 0.25) is 0 Å². The highest BCUT2D eigenvalue weighted by Crippen LogP contribution is 2.29. The van der Waals surface area contributed by atoms with E-state index < -0.39 is 4.92 Å². The average Bonchev–Trinajstić information content (AvgIpc) is 2.58. The Morgan fingerprint density at radius 3 is 2.61 bits per heavy atom. The van der Waals surface area contributed by atoms with Crippen molar-refractivity contribution >= 4 is 22.9 Å². The van der Waals surface area contributed by atoms with E-state index in [9.17, 15) is 10.1 Å². The first-order chi connectivity index (χ1) is 11.1. The van der Waals surface area contributed by atoms with E-state index in [1.54, 1.807) is 18.2 Å². The van der Waals surface area contributed by atoms with Gasteiger partial charge in [0.15, 0.2) is 0 Å². The smallest absolute Gasteiger partial charge is 0.292 e. The highest BCUT2D eigenvalue weighted by Gasteiger charge is 2.16. The van der Waals surface area contributed by atoms with Crippen molar-refractivity contribution in [3.8, 4) is 0 Å². The largest absolute Gasteiger partial charge is 0.378 e. The second kappa shape index (κ2) is 6.62. The van der Waals surface area contributed by atoms with Crippen molar-refractivity contribution in [2.24, 2.45) is 0 Å². The van der Waals surface area contributed by atoms with Crippen LogP contribution in [-0.4, -0.2) is 36.2 Å². The van der Waals surface area contributed by atoms with Crippen LogP contribution >= 0.6 is 0 Å². The molecule has 0 aliphatic carbocycles. The number of aryl methyl sites for hydroxylation is 1.